The van der Waals surface area contributed by atoms with Crippen molar-refractivity contribution in [2.24, 2.45) is 0 Å². The van der Waals surface area contributed by atoms with Crippen molar-refractivity contribution in [3.05, 3.63) is 217 Å². The Balaban J connectivity index is 1.01. The van der Waals surface area contributed by atoms with Crippen LogP contribution in [0.3, 0.4) is 0 Å². The van der Waals surface area contributed by atoms with E-state index in [9.17, 15) is 0 Å². The molecule has 0 bridgehead atoms. The van der Waals surface area contributed by atoms with Crippen LogP contribution in [0.25, 0.3) is 99.5 Å². The molecule has 62 heavy (non-hydrogen) atoms. The maximum atomic E-state index is 2.60. The van der Waals surface area contributed by atoms with Crippen LogP contribution < -0.4 is 0 Å². The maximum Gasteiger partial charge on any atom is 0.0547 e. The Hall–Kier alpha value is -7.42. The Kier molecular flexibility index (Phi) is 7.87. The molecule has 0 unspecified atom stereocenters. The van der Waals surface area contributed by atoms with Gasteiger partial charge in [-0.2, -0.15) is 0 Å². The van der Waals surface area contributed by atoms with Gasteiger partial charge >= 0.3 is 0 Å². The SMILES string of the molecule is c1ccc(-c2ccc(-n3c4ccccc4c4ccc(-c5ccc6c7cc8c(cc7n(-c7ccc(-c9ccccc9)cc7)c6c5)-c5ccccc5C85CCCCC5)cc43)cc2)cc1. The summed E-state index contributed by atoms with van der Waals surface area (Å²) in [5, 5.41) is 5.16. The highest BCUT2D eigenvalue weighted by Crippen LogP contribution is 2.57. The first-order valence-corrected chi connectivity index (χ1v) is 22.3. The van der Waals surface area contributed by atoms with Crippen molar-refractivity contribution in [2.75, 3.05) is 0 Å². The fourth-order valence-electron chi connectivity index (χ4n) is 11.4. The van der Waals surface area contributed by atoms with Crippen LogP contribution in [-0.4, -0.2) is 9.13 Å². The molecule has 11 aromatic rings. The van der Waals surface area contributed by atoms with Crippen LogP contribution in [0.2, 0.25) is 0 Å². The summed E-state index contributed by atoms with van der Waals surface area (Å²) in [6.07, 6.45) is 6.35. The first-order chi connectivity index (χ1) is 30.7. The van der Waals surface area contributed by atoms with Gasteiger partial charge in [-0.25, -0.2) is 0 Å². The highest BCUT2D eigenvalue weighted by Gasteiger charge is 2.44. The second-order valence-electron chi connectivity index (χ2n) is 17.6. The van der Waals surface area contributed by atoms with E-state index in [1.54, 1.807) is 0 Å². The Morgan fingerprint density at radius 3 is 1.39 bits per heavy atom. The average molecular weight is 793 g/mol. The van der Waals surface area contributed by atoms with Gasteiger partial charge in [0, 0.05) is 38.3 Å². The minimum absolute atomic E-state index is 0.0970. The van der Waals surface area contributed by atoms with E-state index in [1.807, 2.05) is 0 Å². The van der Waals surface area contributed by atoms with Crippen LogP contribution in [0.1, 0.15) is 43.2 Å². The highest BCUT2D eigenvalue weighted by molar-refractivity contribution is 6.13. The van der Waals surface area contributed by atoms with Gasteiger partial charge in [-0.3, -0.25) is 0 Å². The van der Waals surface area contributed by atoms with Crippen molar-refractivity contribution in [2.45, 2.75) is 37.5 Å². The topological polar surface area (TPSA) is 9.86 Å². The lowest BCUT2D eigenvalue weighted by atomic mass is 9.68. The summed E-state index contributed by atoms with van der Waals surface area (Å²) in [6, 6.07) is 77.0. The van der Waals surface area contributed by atoms with Gasteiger partial charge in [-0.05, 0) is 123 Å². The minimum Gasteiger partial charge on any atom is -0.309 e. The lowest BCUT2D eigenvalue weighted by Gasteiger charge is -2.36. The third kappa shape index (κ3) is 5.29. The van der Waals surface area contributed by atoms with Crippen molar-refractivity contribution < 1.29 is 0 Å². The summed E-state index contributed by atoms with van der Waals surface area (Å²) in [5.74, 6) is 0. The van der Waals surface area contributed by atoms with Gasteiger partial charge in [0.25, 0.3) is 0 Å². The van der Waals surface area contributed by atoms with Crippen molar-refractivity contribution in [1.82, 2.24) is 9.13 Å². The monoisotopic (exact) mass is 792 g/mol. The third-order valence-corrected chi connectivity index (χ3v) is 14.3. The van der Waals surface area contributed by atoms with Crippen LogP contribution in [0.15, 0.2) is 206 Å². The number of aromatic nitrogens is 2. The normalized spacial score (nSPS) is 14.3. The molecule has 0 saturated heterocycles. The van der Waals surface area contributed by atoms with Crippen LogP contribution >= 0.6 is 0 Å². The quantitative estimate of drug-likeness (QED) is 0.164. The molecule has 2 aliphatic rings. The first kappa shape index (κ1) is 35.3. The molecule has 1 fully saturated rings. The van der Waals surface area contributed by atoms with Crippen LogP contribution in [-0.2, 0) is 5.41 Å². The minimum atomic E-state index is 0.0970. The summed E-state index contributed by atoms with van der Waals surface area (Å²) in [4.78, 5) is 0. The summed E-state index contributed by atoms with van der Waals surface area (Å²) in [6.45, 7) is 0. The number of nitrogens with zero attached hydrogens (tertiary/aromatic N) is 2. The van der Waals surface area contributed by atoms with E-state index in [0.717, 1.165) is 5.69 Å². The zero-order valence-corrected chi connectivity index (χ0v) is 34.6. The molecule has 0 atom stereocenters. The molecular weight excluding hydrogens is 749 g/mol. The standard InChI is InChI=1S/C60H44N2/c1-4-14-40(15-5-1)42-22-28-46(29-23-42)61-56-21-11-9-19-49(56)50-32-26-44(36-57(50)61)45-27-33-51-53-38-55-52(48-18-8-10-20-54(48)60(55)34-12-3-13-35-60)39-59(53)62(58(51)37-45)47-30-24-43(25-31-47)41-16-6-2-7-17-41/h1-2,4-11,14-33,36-39H,3,12-13,34-35H2. The lowest BCUT2D eigenvalue weighted by molar-refractivity contribution is 0.353. The van der Waals surface area contributed by atoms with Crippen molar-refractivity contribution in [3.63, 3.8) is 0 Å². The number of hydrogen-bond acceptors (Lipinski definition) is 0. The van der Waals surface area contributed by atoms with E-state index in [4.69, 9.17) is 0 Å². The van der Waals surface area contributed by atoms with Gasteiger partial charge in [-0.1, -0.05) is 171 Å². The first-order valence-electron chi connectivity index (χ1n) is 22.3. The Morgan fingerprint density at radius 1 is 0.290 bits per heavy atom. The fraction of sp³-hybridized carbons (Fsp3) is 0.100. The van der Waals surface area contributed by atoms with Gasteiger partial charge in [0.2, 0.25) is 0 Å². The average Bonchev–Trinajstić information content (AvgIpc) is 3.94. The predicted molar refractivity (Wildman–Crippen MR) is 261 cm³/mol. The fourth-order valence-corrected chi connectivity index (χ4v) is 11.4. The van der Waals surface area contributed by atoms with E-state index in [2.05, 4.69) is 215 Å². The highest BCUT2D eigenvalue weighted by atomic mass is 15.0. The zero-order valence-electron chi connectivity index (χ0n) is 34.6. The molecule has 294 valence electrons. The van der Waals surface area contributed by atoms with E-state index < -0.39 is 0 Å². The summed E-state index contributed by atoms with van der Waals surface area (Å²) < 4.78 is 4.97. The van der Waals surface area contributed by atoms with E-state index >= 15 is 0 Å². The molecule has 13 rings (SSSR count). The third-order valence-electron chi connectivity index (χ3n) is 14.3. The molecule has 2 nitrogen and oxygen atoms in total. The Bertz CT molecular complexity index is 3510. The molecule has 9 aromatic carbocycles. The number of rotatable bonds is 5. The van der Waals surface area contributed by atoms with E-state index in [-0.39, 0.29) is 5.41 Å². The maximum absolute atomic E-state index is 2.60. The number of hydrogen-bond donors (Lipinski definition) is 0. The molecule has 0 N–H and O–H groups in total. The smallest absolute Gasteiger partial charge is 0.0547 e. The number of fused-ring (bicyclic) bond motifs is 11. The molecule has 1 saturated carbocycles. The molecule has 0 radical (unpaired) electrons. The summed E-state index contributed by atoms with van der Waals surface area (Å²) in [7, 11) is 0. The van der Waals surface area contributed by atoms with Crippen LogP contribution in [0.4, 0.5) is 0 Å². The van der Waals surface area contributed by atoms with E-state index in [0.29, 0.717) is 0 Å². The second kappa shape index (κ2) is 13.8. The predicted octanol–water partition coefficient (Wildman–Crippen LogP) is 16.1. The largest absolute Gasteiger partial charge is 0.309 e. The van der Waals surface area contributed by atoms with Gasteiger partial charge < -0.3 is 9.13 Å². The van der Waals surface area contributed by atoms with Gasteiger partial charge in [0.05, 0.1) is 22.1 Å². The van der Waals surface area contributed by atoms with Gasteiger partial charge in [0.15, 0.2) is 0 Å². The molecule has 1 spiro atoms. The molecule has 0 aliphatic heterocycles. The molecule has 2 heterocycles. The number of para-hydroxylation sites is 1. The lowest BCUT2D eigenvalue weighted by Crippen LogP contribution is -2.27. The van der Waals surface area contributed by atoms with Crippen LogP contribution in [0.5, 0.6) is 0 Å². The Morgan fingerprint density at radius 2 is 0.758 bits per heavy atom. The molecular formula is C60H44N2. The van der Waals surface area contributed by atoms with Crippen molar-refractivity contribution in [1.29, 1.82) is 0 Å². The second-order valence-corrected chi connectivity index (χ2v) is 17.6. The van der Waals surface area contributed by atoms with Crippen molar-refractivity contribution >= 4 is 43.6 Å². The van der Waals surface area contributed by atoms with Gasteiger partial charge in [0.1, 0.15) is 0 Å². The molecule has 2 aliphatic carbocycles. The number of benzene rings is 9. The zero-order chi connectivity index (χ0) is 40.8. The molecule has 2 aromatic heterocycles. The molecule has 0 amide bonds. The van der Waals surface area contributed by atoms with Crippen LogP contribution in [0, 0.1) is 0 Å². The van der Waals surface area contributed by atoms with Crippen molar-refractivity contribution in [3.8, 4) is 55.9 Å². The molecule has 2 heteroatoms. The van der Waals surface area contributed by atoms with Gasteiger partial charge in [-0.15, -0.1) is 0 Å². The summed E-state index contributed by atoms with van der Waals surface area (Å²) >= 11 is 0. The van der Waals surface area contributed by atoms with E-state index in [1.165, 1.54) is 137 Å². The Labute approximate surface area is 362 Å². The summed E-state index contributed by atoms with van der Waals surface area (Å²) in [5.41, 5.74) is 20.6.